The van der Waals surface area contributed by atoms with E-state index < -0.39 is 17.5 Å². The molecule has 28 heavy (non-hydrogen) atoms. The lowest BCUT2D eigenvalue weighted by molar-refractivity contribution is -0.144. The summed E-state index contributed by atoms with van der Waals surface area (Å²) in [6, 6.07) is -0.461. The van der Waals surface area contributed by atoms with Crippen LogP contribution in [-0.2, 0) is 20.9 Å². The predicted octanol–water partition coefficient (Wildman–Crippen LogP) is 1.28. The zero-order chi connectivity index (χ0) is 20.9. The maximum atomic E-state index is 12.5. The molecule has 2 atom stereocenters. The van der Waals surface area contributed by atoms with Crippen LogP contribution >= 0.6 is 0 Å². The number of morpholine rings is 1. The number of aliphatic carboxylic acids is 1. The first-order chi connectivity index (χ1) is 13.0. The fraction of sp³-hybridized carbons (Fsp3) is 0.667. The number of carbonyl (C=O) groups excluding carboxylic acids is 2. The Labute approximate surface area is 164 Å². The molecule has 1 aliphatic rings. The molecule has 0 aromatic carbocycles. The van der Waals surface area contributed by atoms with Crippen LogP contribution < -0.4 is 10.6 Å². The van der Waals surface area contributed by atoms with Crippen LogP contribution in [-0.4, -0.2) is 68.5 Å². The molecule has 2 unspecified atom stereocenters. The molecule has 0 saturated carbocycles. The lowest BCUT2D eigenvalue weighted by Crippen LogP contribution is -2.49. The number of rotatable bonds is 7. The molecule has 0 spiro atoms. The average Bonchev–Trinajstić information content (AvgIpc) is 2.98. The molecule has 156 valence electrons. The van der Waals surface area contributed by atoms with Gasteiger partial charge in [0, 0.05) is 31.2 Å². The van der Waals surface area contributed by atoms with E-state index in [0.29, 0.717) is 25.2 Å². The molecule has 0 aliphatic carbocycles. The van der Waals surface area contributed by atoms with E-state index in [9.17, 15) is 14.4 Å². The van der Waals surface area contributed by atoms with Crippen LogP contribution in [0.3, 0.4) is 0 Å². The number of hydrogen-bond donors (Lipinski definition) is 3. The van der Waals surface area contributed by atoms with Gasteiger partial charge < -0.3 is 25.4 Å². The summed E-state index contributed by atoms with van der Waals surface area (Å²) >= 11 is 0. The maximum absolute atomic E-state index is 12.5. The number of carboxylic acid groups (broad SMARTS) is 1. The van der Waals surface area contributed by atoms with E-state index in [1.54, 1.807) is 24.9 Å². The van der Waals surface area contributed by atoms with Gasteiger partial charge in [0.2, 0.25) is 5.91 Å². The van der Waals surface area contributed by atoms with Gasteiger partial charge in [-0.05, 0) is 34.1 Å². The Hall–Kier alpha value is -2.62. The Bertz CT molecular complexity index is 707. The van der Waals surface area contributed by atoms with Crippen LogP contribution in [0.25, 0.3) is 0 Å². The first kappa shape index (κ1) is 21.7. The van der Waals surface area contributed by atoms with Crippen molar-refractivity contribution in [2.45, 2.75) is 64.8 Å². The van der Waals surface area contributed by atoms with Crippen LogP contribution in [0.5, 0.6) is 0 Å². The quantitative estimate of drug-likeness (QED) is 0.639. The number of ether oxygens (including phenoxy) is 1. The molecule has 1 aromatic heterocycles. The fourth-order valence-corrected chi connectivity index (χ4v) is 3.09. The second-order valence-electron chi connectivity index (χ2n) is 7.84. The van der Waals surface area contributed by atoms with E-state index in [-0.39, 0.29) is 31.1 Å². The average molecular weight is 395 g/mol. The third-order valence-corrected chi connectivity index (χ3v) is 4.38. The molecule has 10 heteroatoms. The van der Waals surface area contributed by atoms with Crippen molar-refractivity contribution in [1.29, 1.82) is 0 Å². The van der Waals surface area contributed by atoms with Crippen LogP contribution in [0.2, 0.25) is 0 Å². The van der Waals surface area contributed by atoms with Crippen LogP contribution in [0.4, 0.5) is 10.5 Å². The lowest BCUT2D eigenvalue weighted by atomic mass is 9.99. The molecule has 1 fully saturated rings. The summed E-state index contributed by atoms with van der Waals surface area (Å²) in [6.45, 7) is 8.54. The Balaban J connectivity index is 1.85. The maximum Gasteiger partial charge on any atom is 0.319 e. The molecular weight excluding hydrogens is 366 g/mol. The third-order valence-electron chi connectivity index (χ3n) is 4.38. The number of amides is 3. The standard InChI is InChI=1S/C18H29N5O5/c1-12-8-22(9-13(2)28-12)15(24)11-23-10-14(7-19-23)20-17(27)21-18(3,4)6-5-16(25)26/h7,10,12-13H,5-6,8-9,11H2,1-4H3,(H,25,26)(H2,20,21,27). The number of hydrogen-bond acceptors (Lipinski definition) is 5. The summed E-state index contributed by atoms with van der Waals surface area (Å²) < 4.78 is 7.10. The molecule has 0 bridgehead atoms. The Morgan fingerprint density at radius 3 is 2.54 bits per heavy atom. The minimum atomic E-state index is -0.912. The monoisotopic (exact) mass is 395 g/mol. The van der Waals surface area contributed by atoms with Crippen molar-refractivity contribution in [2.75, 3.05) is 18.4 Å². The molecular formula is C18H29N5O5. The van der Waals surface area contributed by atoms with Gasteiger partial charge in [-0.1, -0.05) is 0 Å². The van der Waals surface area contributed by atoms with E-state index in [1.165, 1.54) is 10.9 Å². The Morgan fingerprint density at radius 2 is 1.93 bits per heavy atom. The van der Waals surface area contributed by atoms with E-state index in [2.05, 4.69) is 15.7 Å². The third kappa shape index (κ3) is 6.84. The molecule has 1 aliphatic heterocycles. The summed E-state index contributed by atoms with van der Waals surface area (Å²) in [4.78, 5) is 37.0. The molecule has 2 rings (SSSR count). The van der Waals surface area contributed by atoms with Gasteiger partial charge >= 0.3 is 12.0 Å². The Morgan fingerprint density at radius 1 is 1.29 bits per heavy atom. The molecule has 1 aromatic rings. The molecule has 2 heterocycles. The van der Waals surface area contributed by atoms with Crippen LogP contribution in [0.1, 0.15) is 40.5 Å². The van der Waals surface area contributed by atoms with Crippen molar-refractivity contribution in [3.8, 4) is 0 Å². The summed E-state index contributed by atoms with van der Waals surface area (Å²) in [5.74, 6) is -0.971. The SMILES string of the molecule is CC1CN(C(=O)Cn2cc(NC(=O)NC(C)(C)CCC(=O)O)cn2)CC(C)O1. The van der Waals surface area contributed by atoms with Crippen LogP contribution in [0.15, 0.2) is 12.4 Å². The molecule has 3 N–H and O–H groups in total. The highest BCUT2D eigenvalue weighted by Crippen LogP contribution is 2.14. The first-order valence-electron chi connectivity index (χ1n) is 9.31. The normalized spacial score (nSPS) is 19.9. The number of carboxylic acids is 1. The molecule has 10 nitrogen and oxygen atoms in total. The van der Waals surface area contributed by atoms with Gasteiger partial charge in [-0.2, -0.15) is 5.10 Å². The smallest absolute Gasteiger partial charge is 0.319 e. The minimum absolute atomic E-state index is 0.00396. The van der Waals surface area contributed by atoms with E-state index in [0.717, 1.165) is 0 Å². The van der Waals surface area contributed by atoms with Crippen molar-refractivity contribution in [1.82, 2.24) is 20.0 Å². The van der Waals surface area contributed by atoms with Crippen molar-refractivity contribution >= 4 is 23.6 Å². The topological polar surface area (TPSA) is 126 Å². The van der Waals surface area contributed by atoms with Crippen molar-refractivity contribution in [2.24, 2.45) is 0 Å². The highest BCUT2D eigenvalue weighted by molar-refractivity contribution is 5.89. The van der Waals surface area contributed by atoms with Crippen molar-refractivity contribution in [3.63, 3.8) is 0 Å². The number of nitrogens with one attached hydrogen (secondary N) is 2. The summed E-state index contributed by atoms with van der Waals surface area (Å²) in [6.07, 6.45) is 3.30. The number of aromatic nitrogens is 2. The van der Waals surface area contributed by atoms with E-state index in [4.69, 9.17) is 9.84 Å². The summed E-state index contributed by atoms with van der Waals surface area (Å²) in [5, 5.41) is 18.3. The van der Waals surface area contributed by atoms with Gasteiger partial charge in [0.1, 0.15) is 6.54 Å². The highest BCUT2D eigenvalue weighted by atomic mass is 16.5. The lowest BCUT2D eigenvalue weighted by Gasteiger charge is -2.35. The highest BCUT2D eigenvalue weighted by Gasteiger charge is 2.26. The predicted molar refractivity (Wildman–Crippen MR) is 102 cm³/mol. The van der Waals surface area contributed by atoms with Gasteiger partial charge in [-0.3, -0.25) is 14.3 Å². The first-order valence-corrected chi connectivity index (χ1v) is 9.31. The molecule has 3 amide bonds. The Kier molecular flexibility index (Phi) is 7.00. The summed E-state index contributed by atoms with van der Waals surface area (Å²) in [7, 11) is 0. The van der Waals surface area contributed by atoms with Gasteiger partial charge in [0.25, 0.3) is 0 Å². The number of anilines is 1. The van der Waals surface area contributed by atoms with Gasteiger partial charge in [0.15, 0.2) is 0 Å². The molecule has 1 saturated heterocycles. The van der Waals surface area contributed by atoms with Crippen molar-refractivity contribution < 1.29 is 24.2 Å². The van der Waals surface area contributed by atoms with Crippen molar-refractivity contribution in [3.05, 3.63) is 12.4 Å². The van der Waals surface area contributed by atoms with Crippen LogP contribution in [0, 0.1) is 0 Å². The van der Waals surface area contributed by atoms with Gasteiger partial charge in [-0.25, -0.2) is 4.79 Å². The second-order valence-corrected chi connectivity index (χ2v) is 7.84. The fourth-order valence-electron chi connectivity index (χ4n) is 3.09. The number of nitrogens with zero attached hydrogens (tertiary/aromatic N) is 3. The number of urea groups is 1. The van der Waals surface area contributed by atoms with E-state index >= 15 is 0 Å². The summed E-state index contributed by atoms with van der Waals surface area (Å²) in [5.41, 5.74) is -0.221. The minimum Gasteiger partial charge on any atom is -0.481 e. The molecule has 0 radical (unpaired) electrons. The van der Waals surface area contributed by atoms with Gasteiger partial charge in [0.05, 0.1) is 24.1 Å². The van der Waals surface area contributed by atoms with E-state index in [1.807, 2.05) is 13.8 Å². The zero-order valence-electron chi connectivity index (χ0n) is 16.8. The zero-order valence-corrected chi connectivity index (χ0v) is 16.8. The second kappa shape index (κ2) is 9.05. The van der Waals surface area contributed by atoms with Gasteiger partial charge in [-0.15, -0.1) is 0 Å². The number of carbonyl (C=O) groups is 3. The largest absolute Gasteiger partial charge is 0.481 e.